The van der Waals surface area contributed by atoms with Gasteiger partial charge in [0.05, 0.1) is 29.0 Å². The predicted octanol–water partition coefficient (Wildman–Crippen LogP) is 3.41. The van der Waals surface area contributed by atoms with E-state index in [0.717, 1.165) is 34.9 Å². The van der Waals surface area contributed by atoms with Gasteiger partial charge in [0, 0.05) is 24.5 Å². The molecule has 1 unspecified atom stereocenters. The van der Waals surface area contributed by atoms with Crippen LogP contribution < -0.4 is 15.6 Å². The molecule has 31 heavy (non-hydrogen) atoms. The van der Waals surface area contributed by atoms with E-state index in [1.165, 1.54) is 16.2 Å². The monoisotopic (exact) mass is 464 g/mol. The van der Waals surface area contributed by atoms with Crippen molar-refractivity contribution in [2.75, 3.05) is 42.6 Å². The molecule has 8 nitrogen and oxygen atoms in total. The van der Waals surface area contributed by atoms with E-state index in [9.17, 15) is 9.59 Å². The van der Waals surface area contributed by atoms with Gasteiger partial charge in [0.25, 0.3) is 5.91 Å². The van der Waals surface area contributed by atoms with E-state index in [1.54, 1.807) is 0 Å². The van der Waals surface area contributed by atoms with Crippen LogP contribution in [0.2, 0.25) is 4.34 Å². The number of carbonyl (C=O) groups is 2. The maximum atomic E-state index is 13.0. The van der Waals surface area contributed by atoms with Crippen molar-refractivity contribution in [2.24, 2.45) is 5.84 Å². The molecule has 2 aromatic rings. The number of hydrogen-bond donors (Lipinski definition) is 1. The predicted molar refractivity (Wildman–Crippen MR) is 121 cm³/mol. The summed E-state index contributed by atoms with van der Waals surface area (Å²) in [5, 5.41) is 0.987. The molecule has 2 aliphatic rings. The first-order chi connectivity index (χ1) is 14.9. The SMILES string of the molecule is CCc1c(C(=O)N(N)C2CN(c3ccc(N4CCOCC4)cc3)C(=O)O2)sc(Cl)c1C. The molecule has 0 aliphatic carbocycles. The molecule has 3 heterocycles. The lowest BCUT2D eigenvalue weighted by atomic mass is 10.1. The number of rotatable bonds is 5. The summed E-state index contributed by atoms with van der Waals surface area (Å²) in [7, 11) is 0. The number of nitrogens with zero attached hydrogens (tertiary/aromatic N) is 3. The lowest BCUT2D eigenvalue weighted by molar-refractivity contribution is 0.0197. The third kappa shape index (κ3) is 4.23. The second kappa shape index (κ2) is 9.04. The average molecular weight is 465 g/mol. The fraction of sp³-hybridized carbons (Fsp3) is 0.429. The summed E-state index contributed by atoms with van der Waals surface area (Å²) >= 11 is 7.42. The number of halogens is 1. The second-order valence-corrected chi connectivity index (χ2v) is 9.06. The van der Waals surface area contributed by atoms with Gasteiger partial charge < -0.3 is 14.4 Å². The fourth-order valence-corrected chi connectivity index (χ4v) is 5.25. The summed E-state index contributed by atoms with van der Waals surface area (Å²) < 4.78 is 11.4. The summed E-state index contributed by atoms with van der Waals surface area (Å²) in [6.07, 6.45) is -0.760. The molecule has 4 rings (SSSR count). The number of nitrogens with two attached hydrogens (primary N) is 1. The maximum absolute atomic E-state index is 13.0. The fourth-order valence-electron chi connectivity index (χ4n) is 3.83. The number of amides is 2. The number of morpholine rings is 1. The van der Waals surface area contributed by atoms with E-state index in [2.05, 4.69) is 4.90 Å². The standard InChI is InChI=1S/C21H25ClN4O4S/c1-3-16-13(2)19(22)31-18(16)20(27)26(23)17-12-25(21(28)30-17)15-6-4-14(5-7-15)24-8-10-29-11-9-24/h4-7,17H,3,8-12,23H2,1-2H3. The smallest absolute Gasteiger partial charge is 0.416 e. The highest BCUT2D eigenvalue weighted by molar-refractivity contribution is 7.18. The summed E-state index contributed by atoms with van der Waals surface area (Å²) in [5.74, 6) is 5.68. The number of thiophene rings is 1. The van der Waals surface area contributed by atoms with E-state index in [0.29, 0.717) is 34.5 Å². The van der Waals surface area contributed by atoms with Crippen molar-refractivity contribution in [2.45, 2.75) is 26.5 Å². The lowest BCUT2D eigenvalue weighted by Crippen LogP contribution is -2.47. The quantitative estimate of drug-likeness (QED) is 0.414. The Hall–Kier alpha value is -2.33. The van der Waals surface area contributed by atoms with Gasteiger partial charge in [-0.1, -0.05) is 18.5 Å². The highest BCUT2D eigenvalue weighted by Gasteiger charge is 2.38. The molecule has 2 saturated heterocycles. The molecule has 166 valence electrons. The Balaban J connectivity index is 1.46. The number of hydrogen-bond acceptors (Lipinski definition) is 7. The molecule has 0 saturated carbocycles. The number of benzene rings is 1. The third-order valence-electron chi connectivity index (χ3n) is 5.64. The minimum Gasteiger partial charge on any atom is -0.422 e. The van der Waals surface area contributed by atoms with Crippen LogP contribution in [0, 0.1) is 6.92 Å². The van der Waals surface area contributed by atoms with Crippen LogP contribution in [0.4, 0.5) is 16.2 Å². The molecule has 2 aliphatic heterocycles. The highest BCUT2D eigenvalue weighted by atomic mass is 35.5. The molecule has 2 amide bonds. The molecular weight excluding hydrogens is 440 g/mol. The molecule has 2 N–H and O–H groups in total. The number of cyclic esters (lactones) is 1. The zero-order valence-electron chi connectivity index (χ0n) is 17.5. The van der Waals surface area contributed by atoms with Crippen molar-refractivity contribution < 1.29 is 19.1 Å². The number of anilines is 2. The van der Waals surface area contributed by atoms with Crippen LogP contribution in [0.3, 0.4) is 0 Å². The largest absolute Gasteiger partial charge is 0.422 e. The first-order valence-electron chi connectivity index (χ1n) is 10.2. The van der Waals surface area contributed by atoms with Gasteiger partial charge in [0.15, 0.2) is 0 Å². The van der Waals surface area contributed by atoms with Crippen LogP contribution in [0.15, 0.2) is 24.3 Å². The molecule has 0 spiro atoms. The first-order valence-corrected chi connectivity index (χ1v) is 11.4. The number of carbonyl (C=O) groups excluding carboxylic acids is 2. The Bertz CT molecular complexity index is 975. The lowest BCUT2D eigenvalue weighted by Gasteiger charge is -2.29. The molecule has 0 bridgehead atoms. The van der Waals surface area contributed by atoms with Crippen LogP contribution in [0.5, 0.6) is 0 Å². The molecule has 10 heteroatoms. The Morgan fingerprint density at radius 3 is 2.55 bits per heavy atom. The molecule has 0 radical (unpaired) electrons. The van der Waals surface area contributed by atoms with Crippen LogP contribution >= 0.6 is 22.9 Å². The average Bonchev–Trinajstić information content (AvgIpc) is 3.32. The van der Waals surface area contributed by atoms with Gasteiger partial charge in [0.2, 0.25) is 6.23 Å². The van der Waals surface area contributed by atoms with E-state index in [1.807, 2.05) is 38.1 Å². The summed E-state index contributed by atoms with van der Waals surface area (Å²) in [6, 6.07) is 7.68. The highest BCUT2D eigenvalue weighted by Crippen LogP contribution is 2.34. The minimum absolute atomic E-state index is 0.150. The van der Waals surface area contributed by atoms with Crippen molar-refractivity contribution in [1.29, 1.82) is 0 Å². The minimum atomic E-state index is -0.884. The van der Waals surface area contributed by atoms with Gasteiger partial charge >= 0.3 is 6.09 Å². The van der Waals surface area contributed by atoms with E-state index >= 15 is 0 Å². The molecular formula is C21H25ClN4O4S. The normalized spacial score (nSPS) is 19.0. The second-order valence-electron chi connectivity index (χ2n) is 7.44. The van der Waals surface area contributed by atoms with Gasteiger partial charge in [-0.3, -0.25) is 9.69 Å². The summed E-state index contributed by atoms with van der Waals surface area (Å²) in [6.45, 7) is 7.08. The van der Waals surface area contributed by atoms with Crippen LogP contribution in [0.25, 0.3) is 0 Å². The van der Waals surface area contributed by atoms with Gasteiger partial charge in [0.1, 0.15) is 0 Å². The Morgan fingerprint density at radius 2 is 1.90 bits per heavy atom. The zero-order chi connectivity index (χ0) is 22.1. The maximum Gasteiger partial charge on any atom is 0.416 e. The van der Waals surface area contributed by atoms with Gasteiger partial charge in [-0.25, -0.2) is 15.6 Å². The van der Waals surface area contributed by atoms with Crippen LogP contribution in [0.1, 0.15) is 27.7 Å². The zero-order valence-corrected chi connectivity index (χ0v) is 19.0. The summed E-state index contributed by atoms with van der Waals surface area (Å²) in [5.41, 5.74) is 3.52. The Morgan fingerprint density at radius 1 is 1.26 bits per heavy atom. The van der Waals surface area contributed by atoms with Crippen LogP contribution in [-0.4, -0.2) is 56.1 Å². The van der Waals surface area contributed by atoms with Crippen molar-refractivity contribution in [1.82, 2.24) is 5.01 Å². The van der Waals surface area contributed by atoms with E-state index < -0.39 is 18.2 Å². The van der Waals surface area contributed by atoms with Crippen LogP contribution in [-0.2, 0) is 15.9 Å². The van der Waals surface area contributed by atoms with E-state index in [-0.39, 0.29) is 6.54 Å². The van der Waals surface area contributed by atoms with Crippen molar-refractivity contribution in [3.8, 4) is 0 Å². The Labute approximate surface area is 190 Å². The molecule has 2 fully saturated rings. The molecule has 1 atom stereocenters. The number of hydrazine groups is 1. The van der Waals surface area contributed by atoms with Crippen molar-refractivity contribution in [3.05, 3.63) is 44.6 Å². The van der Waals surface area contributed by atoms with Crippen molar-refractivity contribution in [3.63, 3.8) is 0 Å². The van der Waals surface area contributed by atoms with Gasteiger partial charge in [-0.15, -0.1) is 11.3 Å². The molecule has 1 aromatic carbocycles. The Kier molecular flexibility index (Phi) is 6.38. The van der Waals surface area contributed by atoms with Gasteiger partial charge in [-0.05, 0) is 48.7 Å². The third-order valence-corrected chi connectivity index (χ3v) is 7.26. The van der Waals surface area contributed by atoms with Crippen molar-refractivity contribution >= 4 is 46.3 Å². The molecule has 1 aromatic heterocycles. The number of ether oxygens (including phenoxy) is 2. The van der Waals surface area contributed by atoms with E-state index in [4.69, 9.17) is 26.9 Å². The van der Waals surface area contributed by atoms with Gasteiger partial charge in [-0.2, -0.15) is 0 Å². The topological polar surface area (TPSA) is 88.3 Å². The first kappa shape index (κ1) is 21.9. The summed E-state index contributed by atoms with van der Waals surface area (Å²) in [4.78, 5) is 29.7.